The highest BCUT2D eigenvalue weighted by atomic mass is 32.2. The van der Waals surface area contributed by atoms with E-state index in [1.54, 1.807) is 0 Å². The van der Waals surface area contributed by atoms with Crippen molar-refractivity contribution in [1.82, 2.24) is 0 Å². The molecule has 0 aromatic heterocycles. The summed E-state index contributed by atoms with van der Waals surface area (Å²) in [6.45, 7) is 1.01. The number of ether oxygens (including phenoxy) is 1. The molecule has 0 spiro atoms. The molecule has 0 aliphatic heterocycles. The van der Waals surface area contributed by atoms with Gasteiger partial charge in [0.15, 0.2) is 0 Å². The van der Waals surface area contributed by atoms with E-state index in [9.17, 15) is 23.3 Å². The van der Waals surface area contributed by atoms with E-state index in [0.29, 0.717) is 4.31 Å². The van der Waals surface area contributed by atoms with Gasteiger partial charge in [0, 0.05) is 6.92 Å². The zero-order valence-electron chi connectivity index (χ0n) is 10.5. The van der Waals surface area contributed by atoms with Gasteiger partial charge < -0.3 is 4.74 Å². The van der Waals surface area contributed by atoms with E-state index in [4.69, 9.17) is 4.74 Å². The molecule has 104 valence electrons. The Labute approximate surface area is 109 Å². The number of anilines is 1. The lowest BCUT2D eigenvalue weighted by atomic mass is 10.2. The first kappa shape index (κ1) is 14.9. The molecule has 0 bridgehead atoms. The Morgan fingerprint density at radius 3 is 2.37 bits per heavy atom. The summed E-state index contributed by atoms with van der Waals surface area (Å²) in [4.78, 5) is 21.6. The molecule has 0 radical (unpaired) electrons. The van der Waals surface area contributed by atoms with Crippen molar-refractivity contribution in [3.05, 3.63) is 28.3 Å². The number of nitro groups is 1. The normalized spacial score (nSPS) is 10.9. The molecule has 1 amide bonds. The maximum atomic E-state index is 11.6. The molecule has 0 aliphatic rings. The zero-order valence-corrected chi connectivity index (χ0v) is 11.3. The SMILES string of the molecule is COc1ccc(N(C(C)=O)S(C)(=O)=O)c([N+](=O)[O-])c1. The Balaban J connectivity index is 3.56. The van der Waals surface area contributed by atoms with Crippen LogP contribution in [0.3, 0.4) is 0 Å². The number of benzene rings is 1. The van der Waals surface area contributed by atoms with E-state index >= 15 is 0 Å². The number of carbonyl (C=O) groups excluding carboxylic acids is 1. The number of nitro benzene ring substituents is 1. The Morgan fingerprint density at radius 2 is 2.00 bits per heavy atom. The van der Waals surface area contributed by atoms with Crippen LogP contribution >= 0.6 is 0 Å². The van der Waals surface area contributed by atoms with E-state index in [1.165, 1.54) is 13.2 Å². The highest BCUT2D eigenvalue weighted by Crippen LogP contribution is 2.33. The van der Waals surface area contributed by atoms with Gasteiger partial charge >= 0.3 is 0 Å². The molecular weight excluding hydrogens is 276 g/mol. The first-order valence-electron chi connectivity index (χ1n) is 5.01. The van der Waals surface area contributed by atoms with Crippen LogP contribution in [-0.2, 0) is 14.8 Å². The van der Waals surface area contributed by atoms with Gasteiger partial charge in [-0.1, -0.05) is 0 Å². The summed E-state index contributed by atoms with van der Waals surface area (Å²) >= 11 is 0. The topological polar surface area (TPSA) is 107 Å². The number of nitrogens with zero attached hydrogens (tertiary/aromatic N) is 2. The summed E-state index contributed by atoms with van der Waals surface area (Å²) in [6.07, 6.45) is 0.794. The second-order valence-electron chi connectivity index (χ2n) is 3.66. The fourth-order valence-corrected chi connectivity index (χ4v) is 2.51. The molecule has 0 heterocycles. The van der Waals surface area contributed by atoms with E-state index < -0.39 is 26.5 Å². The predicted octanol–water partition coefficient (Wildman–Crippen LogP) is 0.916. The van der Waals surface area contributed by atoms with Crippen LogP contribution in [0.5, 0.6) is 5.75 Å². The van der Waals surface area contributed by atoms with Crippen LogP contribution < -0.4 is 9.04 Å². The smallest absolute Gasteiger partial charge is 0.297 e. The van der Waals surface area contributed by atoms with E-state index in [1.807, 2.05) is 0 Å². The molecule has 0 aliphatic carbocycles. The number of carbonyl (C=O) groups is 1. The van der Waals surface area contributed by atoms with Gasteiger partial charge in [0.05, 0.1) is 24.4 Å². The number of amides is 1. The van der Waals surface area contributed by atoms with Crippen molar-refractivity contribution in [1.29, 1.82) is 0 Å². The first-order valence-corrected chi connectivity index (χ1v) is 6.86. The molecule has 0 saturated heterocycles. The molecule has 1 aromatic rings. The van der Waals surface area contributed by atoms with Gasteiger partial charge in [0.25, 0.3) is 5.69 Å². The third kappa shape index (κ3) is 3.19. The van der Waals surface area contributed by atoms with Crippen LogP contribution in [0.4, 0.5) is 11.4 Å². The van der Waals surface area contributed by atoms with Crippen LogP contribution in [0.25, 0.3) is 0 Å². The minimum Gasteiger partial charge on any atom is -0.496 e. The van der Waals surface area contributed by atoms with Crippen LogP contribution in [0, 0.1) is 10.1 Å². The maximum absolute atomic E-state index is 11.6. The van der Waals surface area contributed by atoms with Crippen molar-refractivity contribution in [3.8, 4) is 5.75 Å². The summed E-state index contributed by atoms with van der Waals surface area (Å²) < 4.78 is 28.3. The van der Waals surface area contributed by atoms with Crippen molar-refractivity contribution >= 4 is 27.3 Å². The molecular formula is C10H12N2O6S. The second kappa shape index (κ2) is 5.22. The fourth-order valence-electron chi connectivity index (χ4n) is 1.53. The Hall–Kier alpha value is -2.16. The number of hydrogen-bond donors (Lipinski definition) is 0. The predicted molar refractivity (Wildman–Crippen MR) is 67.7 cm³/mol. The lowest BCUT2D eigenvalue weighted by Gasteiger charge is -2.18. The lowest BCUT2D eigenvalue weighted by Crippen LogP contribution is -2.34. The monoisotopic (exact) mass is 288 g/mol. The van der Waals surface area contributed by atoms with Gasteiger partial charge in [-0.25, -0.2) is 12.7 Å². The Morgan fingerprint density at radius 1 is 1.42 bits per heavy atom. The van der Waals surface area contributed by atoms with Crippen LogP contribution in [0.1, 0.15) is 6.92 Å². The maximum Gasteiger partial charge on any atom is 0.297 e. The van der Waals surface area contributed by atoms with Crippen molar-refractivity contribution in [2.75, 3.05) is 17.7 Å². The summed E-state index contributed by atoms with van der Waals surface area (Å²) in [5.41, 5.74) is -0.847. The summed E-state index contributed by atoms with van der Waals surface area (Å²) in [5.74, 6) is -0.650. The molecule has 8 nitrogen and oxygen atoms in total. The average Bonchev–Trinajstić information content (AvgIpc) is 2.26. The van der Waals surface area contributed by atoms with Crippen molar-refractivity contribution in [2.24, 2.45) is 0 Å². The number of sulfonamides is 1. The Bertz CT molecular complexity index is 625. The minimum absolute atomic E-state index is 0.187. The van der Waals surface area contributed by atoms with Gasteiger partial charge in [-0.2, -0.15) is 0 Å². The Kier molecular flexibility index (Phi) is 4.10. The van der Waals surface area contributed by atoms with Gasteiger partial charge in [-0.05, 0) is 12.1 Å². The van der Waals surface area contributed by atoms with E-state index in [2.05, 4.69) is 0 Å². The lowest BCUT2D eigenvalue weighted by molar-refractivity contribution is -0.384. The fraction of sp³-hybridized carbons (Fsp3) is 0.300. The highest BCUT2D eigenvalue weighted by Gasteiger charge is 2.29. The summed E-state index contributed by atoms with van der Waals surface area (Å²) in [6, 6.07) is 3.54. The van der Waals surface area contributed by atoms with E-state index in [0.717, 1.165) is 25.3 Å². The molecule has 0 fully saturated rings. The third-order valence-corrected chi connectivity index (χ3v) is 3.33. The first-order chi connectivity index (χ1) is 8.68. The standard InChI is InChI=1S/C10H12N2O6S/c1-7(13)11(19(3,16)17)9-5-4-8(18-2)6-10(9)12(14)15/h4-6H,1-3H3. The summed E-state index contributed by atoms with van der Waals surface area (Å²) in [7, 11) is -2.64. The average molecular weight is 288 g/mol. The van der Waals surface area contributed by atoms with Crippen molar-refractivity contribution in [2.45, 2.75) is 6.92 Å². The van der Waals surface area contributed by atoms with Gasteiger partial charge in [0.1, 0.15) is 11.4 Å². The van der Waals surface area contributed by atoms with Crippen LogP contribution in [0.15, 0.2) is 18.2 Å². The van der Waals surface area contributed by atoms with Gasteiger partial charge in [-0.3, -0.25) is 14.9 Å². The minimum atomic E-state index is -3.95. The molecule has 0 unspecified atom stereocenters. The van der Waals surface area contributed by atoms with Crippen LogP contribution in [0.2, 0.25) is 0 Å². The quantitative estimate of drug-likeness (QED) is 0.602. The van der Waals surface area contributed by atoms with Crippen molar-refractivity contribution < 1.29 is 22.9 Å². The highest BCUT2D eigenvalue weighted by molar-refractivity contribution is 7.92. The third-order valence-electron chi connectivity index (χ3n) is 2.22. The second-order valence-corrected chi connectivity index (χ2v) is 5.49. The molecule has 0 saturated carbocycles. The molecule has 0 atom stereocenters. The van der Waals surface area contributed by atoms with Crippen LogP contribution in [-0.4, -0.2) is 32.6 Å². The van der Waals surface area contributed by atoms with E-state index in [-0.39, 0.29) is 11.4 Å². The summed E-state index contributed by atoms with van der Waals surface area (Å²) in [5, 5.41) is 11.0. The number of methoxy groups -OCH3 is 1. The number of hydrogen-bond acceptors (Lipinski definition) is 6. The molecule has 19 heavy (non-hydrogen) atoms. The van der Waals surface area contributed by atoms with Gasteiger partial charge in [0.2, 0.25) is 15.9 Å². The van der Waals surface area contributed by atoms with Gasteiger partial charge in [-0.15, -0.1) is 0 Å². The molecule has 1 rings (SSSR count). The number of rotatable bonds is 4. The zero-order chi connectivity index (χ0) is 14.8. The largest absolute Gasteiger partial charge is 0.496 e. The molecule has 1 aromatic carbocycles. The molecule has 0 N–H and O–H groups in total. The molecule has 9 heteroatoms. The van der Waals surface area contributed by atoms with Crippen molar-refractivity contribution in [3.63, 3.8) is 0 Å².